The standard InChI is InChI=1S/C16H17ClFN3O2/c1-4-23-14(22)16(2,3)10-5-7-11(8-6-10)20-13-12(18)9-19-15(17)21-13/h5-9H,4H2,1-3H3,(H,19,20,21). The molecule has 0 amide bonds. The van der Waals surface area contributed by atoms with E-state index in [-0.39, 0.29) is 17.1 Å². The van der Waals surface area contributed by atoms with Crippen LogP contribution in [0.2, 0.25) is 5.28 Å². The SMILES string of the molecule is CCOC(=O)C(C)(C)c1ccc(Nc2nc(Cl)ncc2F)cc1. The van der Waals surface area contributed by atoms with Crippen molar-refractivity contribution in [3.8, 4) is 0 Å². The van der Waals surface area contributed by atoms with E-state index < -0.39 is 11.2 Å². The number of esters is 1. The van der Waals surface area contributed by atoms with Gasteiger partial charge in [-0.2, -0.15) is 4.98 Å². The number of anilines is 2. The van der Waals surface area contributed by atoms with Gasteiger partial charge in [-0.05, 0) is 50.1 Å². The number of rotatable bonds is 5. The molecule has 1 aromatic carbocycles. The van der Waals surface area contributed by atoms with Gasteiger partial charge in [-0.3, -0.25) is 4.79 Å². The van der Waals surface area contributed by atoms with Crippen molar-refractivity contribution in [1.29, 1.82) is 0 Å². The van der Waals surface area contributed by atoms with E-state index in [2.05, 4.69) is 15.3 Å². The number of hydrogen-bond acceptors (Lipinski definition) is 5. The third-order valence-corrected chi connectivity index (χ3v) is 3.55. The highest BCUT2D eigenvalue weighted by molar-refractivity contribution is 6.28. The lowest BCUT2D eigenvalue weighted by Gasteiger charge is -2.23. The number of carbonyl (C=O) groups excluding carboxylic acids is 1. The van der Waals surface area contributed by atoms with Gasteiger partial charge in [-0.1, -0.05) is 12.1 Å². The molecular formula is C16H17ClFN3O2. The number of carbonyl (C=O) groups is 1. The summed E-state index contributed by atoms with van der Waals surface area (Å²) in [4.78, 5) is 19.3. The highest BCUT2D eigenvalue weighted by Gasteiger charge is 2.31. The first-order valence-electron chi connectivity index (χ1n) is 7.07. The molecule has 1 heterocycles. The number of nitrogens with one attached hydrogen (secondary N) is 1. The van der Waals surface area contributed by atoms with Crippen LogP contribution in [-0.4, -0.2) is 22.5 Å². The molecule has 0 aliphatic heterocycles. The molecule has 0 saturated carbocycles. The normalized spacial score (nSPS) is 11.2. The van der Waals surface area contributed by atoms with Crippen molar-refractivity contribution >= 4 is 29.1 Å². The van der Waals surface area contributed by atoms with Gasteiger partial charge in [0.15, 0.2) is 11.6 Å². The summed E-state index contributed by atoms with van der Waals surface area (Å²) in [7, 11) is 0. The van der Waals surface area contributed by atoms with Crippen molar-refractivity contribution in [2.24, 2.45) is 0 Å². The molecule has 1 N–H and O–H groups in total. The Kier molecular flexibility index (Phi) is 5.15. The largest absolute Gasteiger partial charge is 0.465 e. The summed E-state index contributed by atoms with van der Waals surface area (Å²) in [5.74, 6) is -0.915. The van der Waals surface area contributed by atoms with E-state index in [4.69, 9.17) is 16.3 Å². The fourth-order valence-corrected chi connectivity index (χ4v) is 2.10. The Bertz CT molecular complexity index is 705. The minimum atomic E-state index is -0.766. The summed E-state index contributed by atoms with van der Waals surface area (Å²) in [6.45, 7) is 5.67. The maximum absolute atomic E-state index is 13.6. The van der Waals surface area contributed by atoms with E-state index in [0.29, 0.717) is 12.3 Å². The summed E-state index contributed by atoms with van der Waals surface area (Å²) in [6, 6.07) is 7.01. The topological polar surface area (TPSA) is 64.1 Å². The van der Waals surface area contributed by atoms with Gasteiger partial charge in [0.05, 0.1) is 18.2 Å². The second kappa shape index (κ2) is 6.91. The van der Waals surface area contributed by atoms with E-state index in [1.54, 1.807) is 45.0 Å². The molecule has 0 radical (unpaired) electrons. The van der Waals surface area contributed by atoms with Crippen molar-refractivity contribution < 1.29 is 13.9 Å². The maximum Gasteiger partial charge on any atom is 0.315 e. The molecule has 0 unspecified atom stereocenters. The number of hydrogen-bond donors (Lipinski definition) is 1. The zero-order chi connectivity index (χ0) is 17.0. The first-order valence-corrected chi connectivity index (χ1v) is 7.45. The van der Waals surface area contributed by atoms with Gasteiger partial charge in [0.1, 0.15) is 0 Å². The van der Waals surface area contributed by atoms with Gasteiger partial charge in [0.25, 0.3) is 0 Å². The van der Waals surface area contributed by atoms with E-state index in [9.17, 15) is 9.18 Å². The number of aromatic nitrogens is 2. The summed E-state index contributed by atoms with van der Waals surface area (Å²) < 4.78 is 18.7. The van der Waals surface area contributed by atoms with Crippen molar-refractivity contribution in [2.45, 2.75) is 26.2 Å². The van der Waals surface area contributed by atoms with Gasteiger partial charge < -0.3 is 10.1 Å². The minimum Gasteiger partial charge on any atom is -0.465 e. The fourth-order valence-electron chi connectivity index (χ4n) is 1.97. The molecular weight excluding hydrogens is 321 g/mol. The Labute approximate surface area is 138 Å². The minimum absolute atomic E-state index is 0.0117. The molecule has 0 atom stereocenters. The van der Waals surface area contributed by atoms with E-state index in [0.717, 1.165) is 11.8 Å². The highest BCUT2D eigenvalue weighted by atomic mass is 35.5. The molecule has 1 aromatic heterocycles. The maximum atomic E-state index is 13.6. The van der Waals surface area contributed by atoms with Gasteiger partial charge in [-0.15, -0.1) is 0 Å². The van der Waals surface area contributed by atoms with Crippen LogP contribution in [0.15, 0.2) is 30.5 Å². The van der Waals surface area contributed by atoms with Crippen LogP contribution in [0.3, 0.4) is 0 Å². The number of nitrogens with zero attached hydrogens (tertiary/aromatic N) is 2. The average molecular weight is 338 g/mol. The Hall–Kier alpha value is -2.21. The van der Waals surface area contributed by atoms with E-state index >= 15 is 0 Å². The van der Waals surface area contributed by atoms with Crippen LogP contribution in [0.5, 0.6) is 0 Å². The van der Waals surface area contributed by atoms with Crippen molar-refractivity contribution in [3.63, 3.8) is 0 Å². The second-order valence-corrected chi connectivity index (χ2v) is 5.72. The van der Waals surface area contributed by atoms with Gasteiger partial charge in [0, 0.05) is 5.69 Å². The molecule has 23 heavy (non-hydrogen) atoms. The number of benzene rings is 1. The summed E-state index contributed by atoms with van der Waals surface area (Å²) >= 11 is 5.65. The van der Waals surface area contributed by atoms with Crippen LogP contribution in [0, 0.1) is 5.82 Å². The predicted octanol–water partition coefficient (Wildman–Crippen LogP) is 3.85. The molecule has 122 valence electrons. The van der Waals surface area contributed by atoms with Crippen molar-refractivity contribution in [1.82, 2.24) is 9.97 Å². The Morgan fingerprint density at radius 3 is 2.61 bits per heavy atom. The van der Waals surface area contributed by atoms with E-state index in [1.165, 1.54) is 0 Å². The first kappa shape index (κ1) is 17.1. The third kappa shape index (κ3) is 3.96. The lowest BCUT2D eigenvalue weighted by atomic mass is 9.84. The zero-order valence-corrected chi connectivity index (χ0v) is 13.8. The average Bonchev–Trinajstić information content (AvgIpc) is 2.52. The molecule has 0 saturated heterocycles. The molecule has 0 aliphatic rings. The van der Waals surface area contributed by atoms with Crippen LogP contribution >= 0.6 is 11.6 Å². The Balaban J connectivity index is 2.19. The quantitative estimate of drug-likeness (QED) is 0.663. The molecule has 0 bridgehead atoms. The monoisotopic (exact) mass is 337 g/mol. The van der Waals surface area contributed by atoms with Crippen LogP contribution < -0.4 is 5.32 Å². The van der Waals surface area contributed by atoms with Gasteiger partial charge in [-0.25, -0.2) is 9.37 Å². The lowest BCUT2D eigenvalue weighted by molar-refractivity contribution is -0.148. The Morgan fingerprint density at radius 2 is 2.00 bits per heavy atom. The molecule has 7 heteroatoms. The molecule has 5 nitrogen and oxygen atoms in total. The van der Waals surface area contributed by atoms with Crippen LogP contribution in [0.4, 0.5) is 15.9 Å². The van der Waals surface area contributed by atoms with Crippen LogP contribution in [0.25, 0.3) is 0 Å². The molecule has 2 rings (SSSR count). The zero-order valence-electron chi connectivity index (χ0n) is 13.1. The highest BCUT2D eigenvalue weighted by Crippen LogP contribution is 2.27. The summed E-state index contributed by atoms with van der Waals surface area (Å²) in [5, 5.41) is 2.77. The lowest BCUT2D eigenvalue weighted by Crippen LogP contribution is -2.31. The predicted molar refractivity (Wildman–Crippen MR) is 86.4 cm³/mol. The summed E-state index contributed by atoms with van der Waals surface area (Å²) in [6.07, 6.45) is 0.996. The number of halogens is 2. The Morgan fingerprint density at radius 1 is 1.35 bits per heavy atom. The first-order chi connectivity index (χ1) is 10.8. The van der Waals surface area contributed by atoms with E-state index in [1.807, 2.05) is 0 Å². The fraction of sp³-hybridized carbons (Fsp3) is 0.312. The van der Waals surface area contributed by atoms with Crippen molar-refractivity contribution in [2.75, 3.05) is 11.9 Å². The molecule has 0 aliphatic carbocycles. The van der Waals surface area contributed by atoms with Gasteiger partial charge in [0.2, 0.25) is 5.28 Å². The molecule has 0 fully saturated rings. The van der Waals surface area contributed by atoms with Gasteiger partial charge >= 0.3 is 5.97 Å². The van der Waals surface area contributed by atoms with Crippen molar-refractivity contribution in [3.05, 3.63) is 47.1 Å². The van der Waals surface area contributed by atoms with Crippen LogP contribution in [0.1, 0.15) is 26.3 Å². The number of ether oxygens (including phenoxy) is 1. The second-order valence-electron chi connectivity index (χ2n) is 5.38. The summed E-state index contributed by atoms with van der Waals surface area (Å²) in [5.41, 5.74) is 0.641. The van der Waals surface area contributed by atoms with Crippen LogP contribution in [-0.2, 0) is 14.9 Å². The third-order valence-electron chi connectivity index (χ3n) is 3.37. The molecule has 2 aromatic rings. The smallest absolute Gasteiger partial charge is 0.315 e. The molecule has 0 spiro atoms.